The second-order valence-corrected chi connectivity index (χ2v) is 5.90. The Morgan fingerprint density at radius 1 is 1.57 bits per heavy atom. The maximum absolute atomic E-state index is 11.1. The van der Waals surface area contributed by atoms with E-state index in [1.807, 2.05) is 0 Å². The van der Waals surface area contributed by atoms with Crippen molar-refractivity contribution in [2.75, 3.05) is 17.6 Å². The molecule has 1 heterocycles. The van der Waals surface area contributed by atoms with E-state index in [-0.39, 0.29) is 29.7 Å². The summed E-state index contributed by atoms with van der Waals surface area (Å²) in [7, 11) is 0. The first-order chi connectivity index (χ1) is 9.81. The Morgan fingerprint density at radius 3 is 2.90 bits per heavy atom. The van der Waals surface area contributed by atoms with E-state index in [1.54, 1.807) is 0 Å². The molecule has 1 aliphatic rings. The van der Waals surface area contributed by atoms with Gasteiger partial charge in [-0.25, -0.2) is 4.98 Å². The minimum atomic E-state index is -0.862. The lowest BCUT2D eigenvalue weighted by molar-refractivity contribution is -0.385. The average molecular weight is 295 g/mol. The number of aromatic nitrogens is 2. The normalized spacial score (nSPS) is 25.6. The van der Waals surface area contributed by atoms with Gasteiger partial charge in [0.25, 0.3) is 0 Å². The van der Waals surface area contributed by atoms with Crippen LogP contribution in [0.5, 0.6) is 0 Å². The quantitative estimate of drug-likeness (QED) is 0.569. The highest BCUT2D eigenvalue weighted by Crippen LogP contribution is 2.33. The number of nitro groups is 1. The molecule has 8 nitrogen and oxygen atoms in total. The van der Waals surface area contributed by atoms with Crippen LogP contribution < -0.4 is 11.1 Å². The molecular weight excluding hydrogens is 274 g/mol. The third kappa shape index (κ3) is 3.57. The Kier molecular flexibility index (Phi) is 4.26. The summed E-state index contributed by atoms with van der Waals surface area (Å²) in [5, 5.41) is 24.6. The van der Waals surface area contributed by atoms with Crippen LogP contribution in [0.4, 0.5) is 17.5 Å². The number of nitrogens with one attached hydrogen (secondary N) is 1. The molecule has 1 aromatic heterocycles. The largest absolute Gasteiger partial charge is 0.388 e. The molecule has 2 rings (SSSR count). The average Bonchev–Trinajstić information content (AvgIpc) is 2.34. The van der Waals surface area contributed by atoms with Crippen molar-refractivity contribution >= 4 is 17.5 Å². The molecule has 0 radical (unpaired) electrons. The molecule has 0 spiro atoms. The van der Waals surface area contributed by atoms with Gasteiger partial charge in [0.2, 0.25) is 11.8 Å². The summed E-state index contributed by atoms with van der Waals surface area (Å²) in [5.74, 6) is 0.485. The van der Waals surface area contributed by atoms with E-state index in [2.05, 4.69) is 22.2 Å². The number of nitrogens with two attached hydrogens (primary N) is 1. The third-order valence-corrected chi connectivity index (χ3v) is 3.91. The summed E-state index contributed by atoms with van der Waals surface area (Å²) < 4.78 is 0. The number of nitrogens with zero attached hydrogens (tertiary/aromatic N) is 3. The summed E-state index contributed by atoms with van der Waals surface area (Å²) in [6.45, 7) is 3.83. The fourth-order valence-electron chi connectivity index (χ4n) is 2.97. The fourth-order valence-corrected chi connectivity index (χ4v) is 2.97. The lowest BCUT2D eigenvalue weighted by Crippen LogP contribution is -2.41. The van der Waals surface area contributed by atoms with Gasteiger partial charge in [0.15, 0.2) is 0 Å². The summed E-state index contributed by atoms with van der Waals surface area (Å²) in [4.78, 5) is 18.3. The molecule has 0 aromatic carbocycles. The monoisotopic (exact) mass is 295 g/mol. The lowest BCUT2D eigenvalue weighted by atomic mass is 9.79. The maximum atomic E-state index is 11.1. The fraction of sp³-hybridized carbons (Fsp3) is 0.692. The van der Waals surface area contributed by atoms with Crippen molar-refractivity contribution in [2.24, 2.45) is 5.92 Å². The molecule has 1 aromatic rings. The number of anilines is 2. The van der Waals surface area contributed by atoms with Gasteiger partial charge < -0.3 is 16.2 Å². The molecule has 21 heavy (non-hydrogen) atoms. The number of nitrogen functional groups attached to an aromatic ring is 1. The summed E-state index contributed by atoms with van der Waals surface area (Å²) in [5.41, 5.74) is 4.69. The van der Waals surface area contributed by atoms with Gasteiger partial charge in [0.05, 0.1) is 10.5 Å². The van der Waals surface area contributed by atoms with Crippen molar-refractivity contribution in [2.45, 2.75) is 45.1 Å². The molecule has 1 aliphatic carbocycles. The first-order valence-electron chi connectivity index (χ1n) is 7.05. The van der Waals surface area contributed by atoms with E-state index in [4.69, 9.17) is 5.73 Å². The van der Waals surface area contributed by atoms with Crippen LogP contribution in [0.15, 0.2) is 0 Å². The van der Waals surface area contributed by atoms with Crippen molar-refractivity contribution in [3.63, 3.8) is 0 Å². The van der Waals surface area contributed by atoms with Crippen molar-refractivity contribution in [1.29, 1.82) is 0 Å². The van der Waals surface area contributed by atoms with Gasteiger partial charge in [-0.2, -0.15) is 4.98 Å². The van der Waals surface area contributed by atoms with Crippen molar-refractivity contribution in [3.05, 3.63) is 15.8 Å². The van der Waals surface area contributed by atoms with Crippen LogP contribution >= 0.6 is 0 Å². The van der Waals surface area contributed by atoms with Crippen LogP contribution in [0.25, 0.3) is 0 Å². The van der Waals surface area contributed by atoms with Gasteiger partial charge >= 0.3 is 5.69 Å². The Hall–Kier alpha value is -1.96. The van der Waals surface area contributed by atoms with Crippen molar-refractivity contribution in [3.8, 4) is 0 Å². The molecule has 0 amide bonds. The maximum Gasteiger partial charge on any atom is 0.332 e. The standard InChI is InChI=1S/C13H21N5O3/c1-8-4-3-5-13(19,6-8)7-15-11-10(18(20)21)9(2)16-12(14)17-11/h8,19H,3-7H2,1-2H3,(H3,14,15,16,17). The summed E-state index contributed by atoms with van der Waals surface area (Å²) in [6, 6.07) is 0. The molecule has 8 heteroatoms. The summed E-state index contributed by atoms with van der Waals surface area (Å²) >= 11 is 0. The van der Waals surface area contributed by atoms with Gasteiger partial charge in [0, 0.05) is 6.54 Å². The topological polar surface area (TPSA) is 127 Å². The smallest absolute Gasteiger partial charge is 0.332 e. The van der Waals surface area contributed by atoms with E-state index in [9.17, 15) is 15.2 Å². The molecule has 2 atom stereocenters. The Bertz CT molecular complexity index is 551. The Morgan fingerprint density at radius 2 is 2.29 bits per heavy atom. The number of aryl methyl sites for hydroxylation is 1. The van der Waals surface area contributed by atoms with Gasteiger partial charge in [-0.3, -0.25) is 10.1 Å². The van der Waals surface area contributed by atoms with Gasteiger partial charge in [-0.1, -0.05) is 19.8 Å². The van der Waals surface area contributed by atoms with E-state index in [1.165, 1.54) is 6.92 Å². The Balaban J connectivity index is 2.18. The molecule has 2 unspecified atom stereocenters. The number of rotatable bonds is 4. The molecule has 0 aliphatic heterocycles. The van der Waals surface area contributed by atoms with Gasteiger partial charge in [0.1, 0.15) is 5.69 Å². The molecule has 4 N–H and O–H groups in total. The zero-order chi connectivity index (χ0) is 15.6. The van der Waals surface area contributed by atoms with Crippen molar-refractivity contribution < 1.29 is 10.0 Å². The lowest BCUT2D eigenvalue weighted by Gasteiger charge is -2.35. The van der Waals surface area contributed by atoms with E-state index >= 15 is 0 Å². The third-order valence-electron chi connectivity index (χ3n) is 3.91. The minimum absolute atomic E-state index is 0.0235. The highest BCUT2D eigenvalue weighted by Gasteiger charge is 2.33. The van der Waals surface area contributed by atoms with Crippen LogP contribution in [0.3, 0.4) is 0 Å². The predicted molar refractivity (Wildman–Crippen MR) is 78.9 cm³/mol. The zero-order valence-corrected chi connectivity index (χ0v) is 12.3. The van der Waals surface area contributed by atoms with Crippen LogP contribution in [0, 0.1) is 23.0 Å². The number of aliphatic hydroxyl groups is 1. The molecule has 1 fully saturated rings. The van der Waals surface area contributed by atoms with Crippen LogP contribution in [-0.2, 0) is 0 Å². The minimum Gasteiger partial charge on any atom is -0.388 e. The highest BCUT2D eigenvalue weighted by molar-refractivity contribution is 5.60. The number of hydrogen-bond acceptors (Lipinski definition) is 7. The first-order valence-corrected chi connectivity index (χ1v) is 7.05. The SMILES string of the molecule is Cc1nc(N)nc(NCC2(O)CCCC(C)C2)c1[N+](=O)[O-]. The van der Waals surface area contributed by atoms with Gasteiger partial charge in [-0.15, -0.1) is 0 Å². The Labute approximate surface area is 122 Å². The van der Waals surface area contributed by atoms with Crippen LogP contribution in [0.1, 0.15) is 38.3 Å². The molecule has 1 saturated carbocycles. The molecule has 0 saturated heterocycles. The first kappa shape index (κ1) is 15.4. The predicted octanol–water partition coefficient (Wildman–Crippen LogP) is 1.63. The summed E-state index contributed by atoms with van der Waals surface area (Å²) in [6.07, 6.45) is 3.40. The highest BCUT2D eigenvalue weighted by atomic mass is 16.6. The molecule has 116 valence electrons. The number of hydrogen-bond donors (Lipinski definition) is 3. The van der Waals surface area contributed by atoms with Gasteiger partial charge in [-0.05, 0) is 25.7 Å². The zero-order valence-electron chi connectivity index (χ0n) is 12.3. The van der Waals surface area contributed by atoms with E-state index in [0.717, 1.165) is 12.8 Å². The van der Waals surface area contributed by atoms with E-state index in [0.29, 0.717) is 18.8 Å². The molecular formula is C13H21N5O3. The van der Waals surface area contributed by atoms with E-state index < -0.39 is 10.5 Å². The van der Waals surface area contributed by atoms with Crippen molar-refractivity contribution in [1.82, 2.24) is 9.97 Å². The molecule has 0 bridgehead atoms. The van der Waals surface area contributed by atoms with Crippen LogP contribution in [-0.4, -0.2) is 32.1 Å². The van der Waals surface area contributed by atoms with Crippen LogP contribution in [0.2, 0.25) is 0 Å². The second-order valence-electron chi connectivity index (χ2n) is 5.90. The second kappa shape index (κ2) is 5.80.